The summed E-state index contributed by atoms with van der Waals surface area (Å²) in [6.07, 6.45) is 7.22. The van der Waals surface area contributed by atoms with E-state index in [-0.39, 0.29) is 140 Å². The zero-order valence-corrected chi connectivity index (χ0v) is 91.7. The van der Waals surface area contributed by atoms with Crippen molar-refractivity contribution in [2.45, 2.75) is 309 Å². The van der Waals surface area contributed by atoms with Crippen LogP contribution in [0.5, 0.6) is 0 Å². The van der Waals surface area contributed by atoms with Crippen LogP contribution in [0, 0.1) is 85.2 Å². The monoisotopic (exact) mass is 2070 g/mol. The lowest BCUT2D eigenvalue weighted by atomic mass is 9.85. The van der Waals surface area contributed by atoms with Gasteiger partial charge in [0.25, 0.3) is 17.7 Å². The standard InChI is InChI=1S/C39H58N6O7.C38H56N6O7.C32H54N6O7/c1-10-14-27(32(46)34(48)40-17-11-2)42-33(47)31-29-26(39(29,8)9)20-45(31)35(49)30(25-18-23-15-12-13-16-24(23)19-25)44-36(50)43-28(38(5,6)7)21-52-37(51)41-22(3)4;1-9-14-26(31(45)33(47)40-17-10-2)41-32(46)30-28-25(38(28,7)8)20-44(30)34(48)29(24-18-22-15-12-13-16-23(22)19-24)43-35(49)42-27(37(4,5)6)21-51-36(50)39-11-3;1-12-14-19(23(39)26(41)34-15-13-2)35-25(40)22-21-18(32(21,9)10)16-38(22)27(42)24(31(6,7)8)37-28(43)36-20(30(3,4)5)17-45-29(44)33-11/h11-13,15-16,22,25-31H,2,10,14,17-21H2,1,3-9H3,(H,40,48)(H,41,51)(H,42,47)(H2,43,44,50);10,12-13,15-16,24-30H,2,9,11,14,17-21H2,1,3-8H3,(H,39,50)(H,40,47)(H,41,46)(H2,42,43,49);13,18-22,24H,2,12,14-17H2,1,3-11H3,(H,33,44)(H,34,41)(H,35,40)(H2,36,37,43)/t26?,27?,28-,29?,30+,31+;25?,26?,27-,28?,29+,30+;18?,19?,20-,21?,22-,24+/m110/s1. The van der Waals surface area contributed by atoms with Crippen molar-refractivity contribution >= 4 is 107 Å². The second-order valence-electron chi connectivity index (χ2n) is 46.9. The molecule has 6 fully saturated rings. The van der Waals surface area contributed by atoms with Crippen LogP contribution in [0.1, 0.15) is 227 Å². The number of benzene rings is 2. The maximum atomic E-state index is 14.8. The van der Waals surface area contributed by atoms with Gasteiger partial charge < -0.3 is 109 Å². The number of carbonyl (C=O) groups is 18. The van der Waals surface area contributed by atoms with Gasteiger partial charge in [0.05, 0.1) is 36.3 Å². The van der Waals surface area contributed by atoms with Gasteiger partial charge in [-0.25, -0.2) is 28.8 Å². The summed E-state index contributed by atoms with van der Waals surface area (Å²) in [5, 5.41) is 41.0. The number of ketones is 3. The highest BCUT2D eigenvalue weighted by Crippen LogP contribution is 2.67. The molecule has 0 aromatic heterocycles. The van der Waals surface area contributed by atoms with Gasteiger partial charge in [0.2, 0.25) is 52.8 Å². The number of fused-ring (bicyclic) bond motifs is 5. The molecule has 3 heterocycles. The Morgan fingerprint density at radius 3 is 0.926 bits per heavy atom. The summed E-state index contributed by atoms with van der Waals surface area (Å²) < 4.78 is 16.0. The SMILES string of the molecule is C=CCNC(=O)C(=O)C(CCC)NC(=O)[C@@H]1C2C(CN1C(=O)[C@@H](NC(=O)N[C@@H](COC(=O)NC)C(C)(C)C)C(C)(C)C)C2(C)C.C=CCNC(=O)C(=O)C(CCC)NC(=O)[C@@H]1C2C(CN1C(=O)[C@@H](NC(=O)N[C@H](COC(=O)NC(C)C)C(C)(C)C)C1Cc3ccccc3C1)C2(C)C.C=CCNC(=O)C(=O)C(CCC)NC(=O)[C@@H]1C2C(CN1C(=O)[C@@H](NC(=O)N[C@H](COC(=O)NCC)C(C)(C)C)C1Cc3ccccc3C1)C2(C)C. The first kappa shape index (κ1) is 121. The first-order valence-electron chi connectivity index (χ1n) is 52.3. The van der Waals surface area contributed by atoms with E-state index >= 15 is 0 Å². The lowest BCUT2D eigenvalue weighted by molar-refractivity contribution is -0.145. The largest absolute Gasteiger partial charge is 0.447 e. The highest BCUT2D eigenvalue weighted by molar-refractivity contribution is 6.39. The molecule has 148 heavy (non-hydrogen) atoms. The van der Waals surface area contributed by atoms with Crippen molar-refractivity contribution in [1.29, 1.82) is 0 Å². The molecule has 15 N–H and O–H groups in total. The number of urea groups is 3. The quantitative estimate of drug-likeness (QED) is 0.0169. The van der Waals surface area contributed by atoms with E-state index in [0.717, 1.165) is 22.3 Å². The number of nitrogens with zero attached hydrogens (tertiary/aromatic N) is 3. The fraction of sp³-hybridized carbons (Fsp3) is 0.670. The first-order valence-corrected chi connectivity index (χ1v) is 52.3. The van der Waals surface area contributed by atoms with Crippen molar-refractivity contribution in [3.63, 3.8) is 0 Å². The molecule has 5 aliphatic carbocycles. The minimum Gasteiger partial charge on any atom is -0.447 e. The first-order chi connectivity index (χ1) is 69.2. The summed E-state index contributed by atoms with van der Waals surface area (Å²) in [7, 11) is 1.44. The number of alkyl carbamates (subject to hydrolysis) is 3. The maximum absolute atomic E-state index is 14.8. The van der Waals surface area contributed by atoms with E-state index in [9.17, 15) is 86.3 Å². The van der Waals surface area contributed by atoms with Crippen LogP contribution in [0.25, 0.3) is 0 Å². The van der Waals surface area contributed by atoms with Crippen molar-refractivity contribution < 1.29 is 101 Å². The lowest BCUT2D eigenvalue weighted by Gasteiger charge is -2.38. The molecule has 39 heteroatoms. The molecule has 0 bridgehead atoms. The van der Waals surface area contributed by atoms with Crippen molar-refractivity contribution in [1.82, 2.24) is 94.5 Å². The molecule has 2 aromatic carbocycles. The number of hydrogen-bond donors (Lipinski definition) is 15. The summed E-state index contributed by atoms with van der Waals surface area (Å²) >= 11 is 0. The zero-order chi connectivity index (χ0) is 111. The van der Waals surface area contributed by atoms with Crippen molar-refractivity contribution in [2.24, 2.45) is 85.2 Å². The van der Waals surface area contributed by atoms with E-state index in [1.807, 2.05) is 180 Å². The van der Waals surface area contributed by atoms with Crippen LogP contribution in [0.4, 0.5) is 28.8 Å². The Bertz CT molecular complexity index is 5130. The third-order valence-electron chi connectivity index (χ3n) is 30.5. The molecule has 3 saturated heterocycles. The van der Waals surface area contributed by atoms with Gasteiger partial charge in [-0.1, -0.05) is 231 Å². The van der Waals surface area contributed by atoms with Crippen molar-refractivity contribution in [3.8, 4) is 0 Å². The summed E-state index contributed by atoms with van der Waals surface area (Å²) in [4.78, 5) is 244. The van der Waals surface area contributed by atoms with E-state index in [1.54, 1.807) is 16.7 Å². The molecule has 820 valence electrons. The number of Topliss-reactive ketones (excluding diaryl/α,β-unsaturated/α-hetero) is 3. The van der Waals surface area contributed by atoms with Crippen LogP contribution < -0.4 is 79.8 Å². The minimum atomic E-state index is -1.05. The average Bonchev–Trinajstić information content (AvgIpc) is 1.53. The fourth-order valence-electron chi connectivity index (χ4n) is 21.3. The summed E-state index contributed by atoms with van der Waals surface area (Å²) in [5.74, 6) is -8.17. The highest BCUT2D eigenvalue weighted by atomic mass is 16.6. The predicted octanol–water partition coefficient (Wildman–Crippen LogP) is 8.24. The third kappa shape index (κ3) is 30.7. The van der Waals surface area contributed by atoms with Gasteiger partial charge >= 0.3 is 36.4 Å². The van der Waals surface area contributed by atoms with Gasteiger partial charge in [0.1, 0.15) is 56.1 Å². The van der Waals surface area contributed by atoms with Gasteiger partial charge in [0.15, 0.2) is 0 Å². The van der Waals surface area contributed by atoms with Crippen LogP contribution in [0.3, 0.4) is 0 Å². The van der Waals surface area contributed by atoms with Crippen LogP contribution >= 0.6 is 0 Å². The summed E-state index contributed by atoms with van der Waals surface area (Å²) in [6.45, 7) is 58.1. The minimum absolute atomic E-state index is 0.0538. The molecule has 39 nitrogen and oxygen atoms in total. The molecule has 0 radical (unpaired) electrons. The summed E-state index contributed by atoms with van der Waals surface area (Å²) in [5.41, 5.74) is 1.56. The molecule has 8 aliphatic rings. The fourth-order valence-corrected chi connectivity index (χ4v) is 21.3. The topological polar surface area (TPSA) is 525 Å². The number of piperidine rings is 3. The Balaban J connectivity index is 0.000000271. The Morgan fingerprint density at radius 1 is 0.378 bits per heavy atom. The molecule has 9 unspecified atom stereocenters. The normalized spacial score (nSPS) is 22.0. The molecular formula is C109H168N18O21. The van der Waals surface area contributed by atoms with E-state index in [2.05, 4.69) is 127 Å². The Morgan fingerprint density at radius 2 is 0.662 bits per heavy atom. The van der Waals surface area contributed by atoms with Crippen LogP contribution in [0.15, 0.2) is 86.5 Å². The van der Waals surface area contributed by atoms with Gasteiger partial charge in [0, 0.05) is 58.9 Å². The second-order valence-corrected chi connectivity index (χ2v) is 46.9. The van der Waals surface area contributed by atoms with Gasteiger partial charge in [-0.3, -0.25) is 57.5 Å². The number of rotatable bonds is 43. The smallest absolute Gasteiger partial charge is 0.407 e. The predicted molar refractivity (Wildman–Crippen MR) is 559 cm³/mol. The van der Waals surface area contributed by atoms with Gasteiger partial charge in [-0.15, -0.1) is 19.7 Å². The number of ether oxygens (including phenoxy) is 3. The van der Waals surface area contributed by atoms with E-state index in [1.165, 1.54) is 30.2 Å². The summed E-state index contributed by atoms with van der Waals surface area (Å²) in [6, 6.07) is 3.47. The molecular weight excluding hydrogens is 1900 g/mol. The van der Waals surface area contributed by atoms with Crippen LogP contribution in [-0.2, 0) is 97.4 Å². The molecule has 18 atom stereocenters. The number of hydrogen-bond acceptors (Lipinski definition) is 21. The highest BCUT2D eigenvalue weighted by Gasteiger charge is 2.73. The third-order valence-corrected chi connectivity index (χ3v) is 30.5. The molecule has 0 spiro atoms. The molecule has 10 rings (SSSR count). The van der Waals surface area contributed by atoms with E-state index < -0.39 is 189 Å². The number of carbonyl (C=O) groups excluding carboxylic acids is 18. The number of amides is 18. The average molecular weight is 2070 g/mol. The van der Waals surface area contributed by atoms with Crippen LogP contribution in [0.2, 0.25) is 0 Å². The second kappa shape index (κ2) is 51.2. The molecule has 2 aromatic rings. The molecule has 3 saturated carbocycles. The Labute approximate surface area is 873 Å². The van der Waals surface area contributed by atoms with Crippen molar-refractivity contribution in [3.05, 3.63) is 109 Å². The van der Waals surface area contributed by atoms with Crippen molar-refractivity contribution in [2.75, 3.05) is 72.7 Å². The molecule has 18 amide bonds. The Kier molecular flexibility index (Phi) is 41.7. The molecule has 3 aliphatic heterocycles. The van der Waals surface area contributed by atoms with E-state index in [0.29, 0.717) is 71.1 Å². The zero-order valence-electron chi connectivity index (χ0n) is 91.7. The lowest BCUT2D eigenvalue weighted by Crippen LogP contribution is -2.62. The Hall–Kier alpha value is -12.5. The van der Waals surface area contributed by atoms with Gasteiger partial charge in [-0.2, -0.15) is 0 Å². The van der Waals surface area contributed by atoms with E-state index in [4.69, 9.17) is 14.2 Å². The number of likely N-dealkylation sites (tertiary alicyclic amines) is 3. The number of nitrogens with one attached hydrogen (secondary N) is 15. The maximum Gasteiger partial charge on any atom is 0.407 e. The van der Waals surface area contributed by atoms with Crippen LogP contribution in [-0.4, -0.2) is 273 Å². The van der Waals surface area contributed by atoms with Gasteiger partial charge in [-0.05, 0) is 173 Å².